The van der Waals surface area contributed by atoms with Crippen LogP contribution in [0.4, 0.5) is 10.1 Å². The lowest BCUT2D eigenvalue weighted by atomic mass is 9.95. The average molecular weight is 467 g/mol. The molecule has 2 aromatic carbocycles. The minimum Gasteiger partial charge on any atom is -0.462 e. The zero-order valence-electron chi connectivity index (χ0n) is 19.2. The lowest BCUT2D eigenvalue weighted by Crippen LogP contribution is -2.38. The zero-order valence-corrected chi connectivity index (χ0v) is 19.2. The van der Waals surface area contributed by atoms with Crippen molar-refractivity contribution in [2.24, 2.45) is 5.92 Å². The van der Waals surface area contributed by atoms with Gasteiger partial charge in [-0.05, 0) is 81.7 Å². The Morgan fingerprint density at radius 1 is 1.18 bits per heavy atom. The van der Waals surface area contributed by atoms with Gasteiger partial charge < -0.3 is 14.6 Å². The van der Waals surface area contributed by atoms with Crippen LogP contribution in [0, 0.1) is 18.7 Å². The standard InChI is InChI=1S/C25H27FN4O4/c1-3-33-25(32)20-5-4-6-21(16(20)2)27-24(31)18-11-13-30(14-12-18)15-22-28-23(29-34-22)17-7-9-19(26)10-8-17/h4-10,18H,3,11-15H2,1-2H3,(H,27,31). The quantitative estimate of drug-likeness (QED) is 0.521. The molecule has 1 aliphatic heterocycles. The number of hydrogen-bond donors (Lipinski definition) is 1. The molecular weight excluding hydrogens is 439 g/mol. The van der Waals surface area contributed by atoms with Gasteiger partial charge in [-0.2, -0.15) is 4.98 Å². The van der Waals surface area contributed by atoms with E-state index in [1.807, 2.05) is 0 Å². The summed E-state index contributed by atoms with van der Waals surface area (Å²) in [6.45, 7) is 5.78. The first-order valence-electron chi connectivity index (χ1n) is 11.3. The van der Waals surface area contributed by atoms with Crippen LogP contribution in [0.25, 0.3) is 11.4 Å². The van der Waals surface area contributed by atoms with Crippen molar-refractivity contribution in [2.75, 3.05) is 25.0 Å². The predicted octanol–water partition coefficient (Wildman–Crippen LogP) is 4.21. The third-order valence-electron chi connectivity index (χ3n) is 5.97. The van der Waals surface area contributed by atoms with Crippen molar-refractivity contribution in [3.63, 3.8) is 0 Å². The maximum atomic E-state index is 13.1. The second kappa shape index (κ2) is 10.6. The number of rotatable bonds is 7. The minimum atomic E-state index is -0.395. The molecule has 0 spiro atoms. The predicted molar refractivity (Wildman–Crippen MR) is 123 cm³/mol. The normalized spacial score (nSPS) is 14.7. The molecule has 1 amide bonds. The number of nitrogens with one attached hydrogen (secondary N) is 1. The molecule has 0 atom stereocenters. The van der Waals surface area contributed by atoms with Gasteiger partial charge in [-0.3, -0.25) is 9.69 Å². The van der Waals surface area contributed by atoms with Gasteiger partial charge in [0.15, 0.2) is 0 Å². The van der Waals surface area contributed by atoms with Crippen molar-refractivity contribution >= 4 is 17.6 Å². The molecule has 0 radical (unpaired) electrons. The van der Waals surface area contributed by atoms with Crippen LogP contribution in [0.3, 0.4) is 0 Å². The smallest absolute Gasteiger partial charge is 0.338 e. The van der Waals surface area contributed by atoms with E-state index in [4.69, 9.17) is 9.26 Å². The van der Waals surface area contributed by atoms with Gasteiger partial charge in [-0.1, -0.05) is 11.2 Å². The Morgan fingerprint density at radius 3 is 2.62 bits per heavy atom. The lowest BCUT2D eigenvalue weighted by molar-refractivity contribution is -0.121. The summed E-state index contributed by atoms with van der Waals surface area (Å²) in [7, 11) is 0. The maximum absolute atomic E-state index is 13.1. The highest BCUT2D eigenvalue weighted by atomic mass is 19.1. The third-order valence-corrected chi connectivity index (χ3v) is 5.97. The van der Waals surface area contributed by atoms with E-state index in [0.29, 0.717) is 73.2 Å². The van der Waals surface area contributed by atoms with Crippen LogP contribution in [-0.2, 0) is 16.1 Å². The molecule has 34 heavy (non-hydrogen) atoms. The number of aromatic nitrogens is 2. The number of anilines is 1. The van der Waals surface area contributed by atoms with E-state index in [1.54, 1.807) is 44.2 Å². The van der Waals surface area contributed by atoms with Gasteiger partial charge in [0, 0.05) is 17.2 Å². The average Bonchev–Trinajstić information content (AvgIpc) is 3.30. The molecule has 178 valence electrons. The van der Waals surface area contributed by atoms with Crippen molar-refractivity contribution in [1.29, 1.82) is 0 Å². The lowest BCUT2D eigenvalue weighted by Gasteiger charge is -2.30. The number of halogens is 1. The molecule has 4 rings (SSSR count). The number of nitrogens with zero attached hydrogens (tertiary/aromatic N) is 3. The molecular formula is C25H27FN4O4. The number of carbonyl (C=O) groups is 2. The Hall–Kier alpha value is -3.59. The third kappa shape index (κ3) is 5.48. The minimum absolute atomic E-state index is 0.0554. The largest absolute Gasteiger partial charge is 0.462 e. The highest BCUT2D eigenvalue weighted by molar-refractivity contribution is 5.97. The molecule has 1 fully saturated rings. The fraction of sp³-hybridized carbons (Fsp3) is 0.360. The van der Waals surface area contributed by atoms with Gasteiger partial charge in [-0.15, -0.1) is 0 Å². The summed E-state index contributed by atoms with van der Waals surface area (Å²) in [5.41, 5.74) is 2.46. The highest BCUT2D eigenvalue weighted by Gasteiger charge is 2.27. The van der Waals surface area contributed by atoms with Crippen molar-refractivity contribution in [1.82, 2.24) is 15.0 Å². The number of hydrogen-bond acceptors (Lipinski definition) is 7. The SMILES string of the molecule is CCOC(=O)c1cccc(NC(=O)C2CCN(Cc3nc(-c4ccc(F)cc4)no3)CC2)c1C. The molecule has 1 N–H and O–H groups in total. The second-order valence-electron chi connectivity index (χ2n) is 8.26. The number of amides is 1. The molecule has 1 saturated heterocycles. The second-order valence-corrected chi connectivity index (χ2v) is 8.26. The molecule has 0 aliphatic carbocycles. The first-order chi connectivity index (χ1) is 16.4. The van der Waals surface area contributed by atoms with Gasteiger partial charge in [0.05, 0.1) is 18.7 Å². The Balaban J connectivity index is 1.30. The van der Waals surface area contributed by atoms with Gasteiger partial charge in [0.25, 0.3) is 0 Å². The molecule has 0 bridgehead atoms. The van der Waals surface area contributed by atoms with Crippen molar-refractivity contribution in [2.45, 2.75) is 33.2 Å². The summed E-state index contributed by atoms with van der Waals surface area (Å²) in [6, 6.07) is 11.2. The summed E-state index contributed by atoms with van der Waals surface area (Å²) in [6.07, 6.45) is 1.39. The molecule has 0 saturated carbocycles. The number of piperidine rings is 1. The summed E-state index contributed by atoms with van der Waals surface area (Å²) >= 11 is 0. The summed E-state index contributed by atoms with van der Waals surface area (Å²) in [5, 5.41) is 6.95. The number of carbonyl (C=O) groups excluding carboxylic acids is 2. The van der Waals surface area contributed by atoms with E-state index in [2.05, 4.69) is 20.4 Å². The van der Waals surface area contributed by atoms with E-state index >= 15 is 0 Å². The van der Waals surface area contributed by atoms with Crippen LogP contribution in [0.1, 0.15) is 41.6 Å². The van der Waals surface area contributed by atoms with Gasteiger partial charge in [0.2, 0.25) is 17.6 Å². The number of ether oxygens (including phenoxy) is 1. The Morgan fingerprint density at radius 2 is 1.91 bits per heavy atom. The van der Waals surface area contributed by atoms with Crippen molar-refractivity contribution in [3.8, 4) is 11.4 Å². The monoisotopic (exact) mass is 466 g/mol. The fourth-order valence-electron chi connectivity index (χ4n) is 4.02. The topological polar surface area (TPSA) is 97.6 Å². The van der Waals surface area contributed by atoms with Crippen molar-refractivity contribution < 1.29 is 23.2 Å². The highest BCUT2D eigenvalue weighted by Crippen LogP contribution is 2.24. The van der Waals surface area contributed by atoms with Gasteiger partial charge >= 0.3 is 5.97 Å². The number of likely N-dealkylation sites (tertiary alicyclic amines) is 1. The summed E-state index contributed by atoms with van der Waals surface area (Å²) < 4.78 is 23.5. The van der Waals surface area contributed by atoms with E-state index < -0.39 is 5.97 Å². The first kappa shape index (κ1) is 23.6. The Labute approximate surface area is 197 Å². The zero-order chi connectivity index (χ0) is 24.1. The van der Waals surface area contributed by atoms with Crippen molar-refractivity contribution in [3.05, 3.63) is 65.3 Å². The van der Waals surface area contributed by atoms with Crippen LogP contribution < -0.4 is 5.32 Å². The molecule has 3 aromatic rings. The van der Waals surface area contributed by atoms with Crippen LogP contribution in [0.5, 0.6) is 0 Å². The first-order valence-corrected chi connectivity index (χ1v) is 11.3. The summed E-state index contributed by atoms with van der Waals surface area (Å²) in [5.74, 6) is 0.00655. The molecule has 0 unspecified atom stereocenters. The molecule has 1 aliphatic rings. The molecule has 8 nitrogen and oxygen atoms in total. The van der Waals surface area contributed by atoms with Crippen LogP contribution >= 0.6 is 0 Å². The van der Waals surface area contributed by atoms with E-state index in [0.717, 1.165) is 0 Å². The van der Waals surface area contributed by atoms with Gasteiger partial charge in [-0.25, -0.2) is 9.18 Å². The van der Waals surface area contributed by atoms with E-state index in [1.165, 1.54) is 12.1 Å². The summed E-state index contributed by atoms with van der Waals surface area (Å²) in [4.78, 5) is 31.5. The van der Waals surface area contributed by atoms with Crippen LogP contribution in [0.2, 0.25) is 0 Å². The number of esters is 1. The van der Waals surface area contributed by atoms with Crippen LogP contribution in [-0.4, -0.2) is 46.6 Å². The van der Waals surface area contributed by atoms with E-state index in [-0.39, 0.29) is 17.6 Å². The van der Waals surface area contributed by atoms with E-state index in [9.17, 15) is 14.0 Å². The molecule has 2 heterocycles. The van der Waals surface area contributed by atoms with Crippen LogP contribution in [0.15, 0.2) is 47.0 Å². The Bertz CT molecular complexity index is 1150. The van der Waals surface area contributed by atoms with Gasteiger partial charge in [0.1, 0.15) is 5.82 Å². The number of benzene rings is 2. The molecule has 9 heteroatoms. The fourth-order valence-corrected chi connectivity index (χ4v) is 4.02. The molecule has 1 aromatic heterocycles. The Kier molecular flexibility index (Phi) is 7.32. The maximum Gasteiger partial charge on any atom is 0.338 e.